The number of ether oxygens (including phenoxy) is 2. The molecular formula is C40H39FN4O8S. The van der Waals surface area contributed by atoms with Crippen LogP contribution in [-0.2, 0) is 36.8 Å². The number of thioether (sulfide) groups is 1. The van der Waals surface area contributed by atoms with Crippen LogP contribution < -0.4 is 5.32 Å². The maximum Gasteiger partial charge on any atom is 0.263 e. The summed E-state index contributed by atoms with van der Waals surface area (Å²) >= 11 is 1.37. The average molecular weight is 755 g/mol. The Labute approximate surface area is 314 Å². The predicted octanol–water partition coefficient (Wildman–Crippen LogP) is 5.07. The van der Waals surface area contributed by atoms with Gasteiger partial charge in [0.1, 0.15) is 11.9 Å². The number of halogens is 1. The Morgan fingerprint density at radius 1 is 0.926 bits per heavy atom. The Hall–Kier alpha value is -5.18. The van der Waals surface area contributed by atoms with Crippen molar-refractivity contribution in [2.24, 2.45) is 0 Å². The summed E-state index contributed by atoms with van der Waals surface area (Å²) in [7, 11) is 1.74. The highest BCUT2D eigenvalue weighted by Gasteiger charge is 2.45. The van der Waals surface area contributed by atoms with Gasteiger partial charge in [0, 0.05) is 59.2 Å². The van der Waals surface area contributed by atoms with Crippen molar-refractivity contribution >= 4 is 58.0 Å². The Morgan fingerprint density at radius 3 is 2.48 bits per heavy atom. The number of hydrogen-bond donors (Lipinski definition) is 2. The standard InChI is InChI=1S/C40H39FN4O8S/c1-44(22-23-8-10-24(11-9-23)37-26-4-2-6-31(46)28-20-25(41)21-29(42-37)35(26)28)34(48)14-15-52-16-17-53-18-19-54-32-7-3-5-27-36(32)40(51)45(39(27)50)30-12-13-33(47)43-38(30)49/h3,5,7-11,20-21,30,42H,2,4,6,12-19,22H2,1H3,(H,43,47,49). The largest absolute Gasteiger partial charge is 0.379 e. The zero-order valence-electron chi connectivity index (χ0n) is 29.7. The number of aryl methyl sites for hydroxylation is 1. The maximum atomic E-state index is 14.3. The summed E-state index contributed by atoms with van der Waals surface area (Å²) in [5.74, 6) is -2.18. The van der Waals surface area contributed by atoms with E-state index in [0.29, 0.717) is 60.9 Å². The molecule has 3 aliphatic rings. The number of carbonyl (C=O) groups excluding carboxylic acids is 6. The smallest absolute Gasteiger partial charge is 0.263 e. The fourth-order valence-electron chi connectivity index (χ4n) is 7.27. The van der Waals surface area contributed by atoms with Crippen molar-refractivity contribution < 1.29 is 42.6 Å². The number of imide groups is 2. The first kappa shape index (κ1) is 37.1. The molecule has 2 N–H and O–H groups in total. The first-order valence-electron chi connectivity index (χ1n) is 17.9. The molecule has 7 rings (SSSR count). The zero-order valence-corrected chi connectivity index (χ0v) is 30.5. The van der Waals surface area contributed by atoms with Crippen LogP contribution in [0.1, 0.15) is 74.3 Å². The molecule has 1 saturated heterocycles. The lowest BCUT2D eigenvalue weighted by Gasteiger charge is -2.27. The van der Waals surface area contributed by atoms with Crippen molar-refractivity contribution in [3.63, 3.8) is 0 Å². The van der Waals surface area contributed by atoms with Crippen LogP contribution in [0.2, 0.25) is 0 Å². The molecule has 1 fully saturated rings. The summed E-state index contributed by atoms with van der Waals surface area (Å²) in [6, 6.07) is 14.6. The normalized spacial score (nSPS) is 16.9. The number of nitrogens with one attached hydrogen (secondary N) is 2. The van der Waals surface area contributed by atoms with Crippen LogP contribution in [0.15, 0.2) is 59.5 Å². The van der Waals surface area contributed by atoms with E-state index in [-0.39, 0.29) is 48.7 Å². The van der Waals surface area contributed by atoms with Gasteiger partial charge in [0.25, 0.3) is 11.8 Å². The van der Waals surface area contributed by atoms with Crippen molar-refractivity contribution in [3.8, 4) is 11.3 Å². The average Bonchev–Trinajstić information content (AvgIpc) is 3.57. The monoisotopic (exact) mass is 754 g/mol. The number of carbonyl (C=O) groups is 6. The highest BCUT2D eigenvalue weighted by Crippen LogP contribution is 2.37. The third-order valence-corrected chi connectivity index (χ3v) is 11.0. The van der Waals surface area contributed by atoms with E-state index in [4.69, 9.17) is 9.47 Å². The molecule has 1 aromatic heterocycles. The Morgan fingerprint density at radius 2 is 1.70 bits per heavy atom. The van der Waals surface area contributed by atoms with E-state index in [0.717, 1.165) is 39.1 Å². The van der Waals surface area contributed by atoms with Crippen LogP contribution in [0.3, 0.4) is 0 Å². The molecule has 0 radical (unpaired) electrons. The number of hydrogen-bond acceptors (Lipinski definition) is 9. The highest BCUT2D eigenvalue weighted by atomic mass is 32.2. The molecule has 5 amide bonds. The van der Waals surface area contributed by atoms with Gasteiger partial charge in [-0.05, 0) is 60.2 Å². The number of benzene rings is 3. The summed E-state index contributed by atoms with van der Waals surface area (Å²) in [6.45, 7) is 1.63. The first-order valence-corrected chi connectivity index (χ1v) is 18.9. The Bertz CT molecular complexity index is 2170. The number of fused-ring (bicyclic) bond motifs is 1. The number of aromatic amines is 1. The number of Topliss-reactive ketones (excluding diaryl/α,β-unsaturated/α-hetero) is 1. The Balaban J connectivity index is 0.815. The van der Waals surface area contributed by atoms with E-state index >= 15 is 0 Å². The van der Waals surface area contributed by atoms with Gasteiger partial charge in [0.2, 0.25) is 17.7 Å². The molecule has 0 spiro atoms. The van der Waals surface area contributed by atoms with E-state index in [1.807, 2.05) is 24.3 Å². The van der Waals surface area contributed by atoms with Crippen molar-refractivity contribution in [2.75, 3.05) is 39.2 Å². The van der Waals surface area contributed by atoms with E-state index in [1.165, 1.54) is 23.9 Å². The second-order valence-corrected chi connectivity index (χ2v) is 14.7. The van der Waals surface area contributed by atoms with E-state index < -0.39 is 35.5 Å². The summed E-state index contributed by atoms with van der Waals surface area (Å²) in [4.78, 5) is 82.1. The number of piperidine rings is 1. The summed E-state index contributed by atoms with van der Waals surface area (Å²) in [6.07, 6.45) is 2.20. The summed E-state index contributed by atoms with van der Waals surface area (Å²) < 4.78 is 25.6. The van der Waals surface area contributed by atoms with Crippen molar-refractivity contribution in [1.29, 1.82) is 0 Å². The molecule has 4 aromatic rings. The molecule has 14 heteroatoms. The van der Waals surface area contributed by atoms with Gasteiger partial charge in [-0.2, -0.15) is 0 Å². The van der Waals surface area contributed by atoms with E-state index in [2.05, 4.69) is 10.3 Å². The number of amides is 5. The lowest BCUT2D eigenvalue weighted by atomic mass is 9.99. The van der Waals surface area contributed by atoms with Crippen molar-refractivity contribution in [2.45, 2.75) is 56.0 Å². The van der Waals surface area contributed by atoms with Gasteiger partial charge in [-0.1, -0.05) is 30.3 Å². The minimum Gasteiger partial charge on any atom is -0.379 e. The number of ketones is 1. The van der Waals surface area contributed by atoms with Crippen molar-refractivity contribution in [3.05, 3.63) is 88.2 Å². The van der Waals surface area contributed by atoms with Crippen LogP contribution in [-0.4, -0.2) is 95.4 Å². The van der Waals surface area contributed by atoms with Gasteiger partial charge < -0.3 is 19.4 Å². The fraction of sp³-hybridized carbons (Fsp3) is 0.350. The fourth-order valence-corrected chi connectivity index (χ4v) is 8.21. The van der Waals surface area contributed by atoms with Crippen LogP contribution in [0.4, 0.5) is 4.39 Å². The molecule has 12 nitrogen and oxygen atoms in total. The van der Waals surface area contributed by atoms with Gasteiger partial charge in [0.05, 0.1) is 44.0 Å². The molecule has 0 bridgehead atoms. The molecule has 1 atom stereocenters. The molecule has 1 aliphatic carbocycles. The minimum atomic E-state index is -1.02. The Kier molecular flexibility index (Phi) is 11.0. The van der Waals surface area contributed by atoms with Crippen LogP contribution >= 0.6 is 11.8 Å². The number of rotatable bonds is 14. The second-order valence-electron chi connectivity index (χ2n) is 13.5. The zero-order chi connectivity index (χ0) is 37.9. The van der Waals surface area contributed by atoms with E-state index in [9.17, 15) is 33.2 Å². The molecule has 1 unspecified atom stereocenters. The van der Waals surface area contributed by atoms with Gasteiger partial charge in [-0.25, -0.2) is 4.39 Å². The predicted molar refractivity (Wildman–Crippen MR) is 198 cm³/mol. The highest BCUT2D eigenvalue weighted by molar-refractivity contribution is 7.99. The number of H-pyrrole nitrogens is 1. The van der Waals surface area contributed by atoms with Gasteiger partial charge in [0.15, 0.2) is 5.78 Å². The quantitative estimate of drug-likeness (QED) is 0.102. The molecular weight excluding hydrogens is 716 g/mol. The molecule has 3 aromatic carbocycles. The molecule has 280 valence electrons. The lowest BCUT2D eigenvalue weighted by molar-refractivity contribution is -0.136. The maximum absolute atomic E-state index is 14.3. The summed E-state index contributed by atoms with van der Waals surface area (Å²) in [5.41, 5.74) is 5.36. The third-order valence-electron chi connectivity index (χ3n) is 9.93. The minimum absolute atomic E-state index is 0.0339. The summed E-state index contributed by atoms with van der Waals surface area (Å²) in [5, 5.41) is 3.01. The van der Waals surface area contributed by atoms with Crippen LogP contribution in [0.5, 0.6) is 0 Å². The van der Waals surface area contributed by atoms with Gasteiger partial charge in [-0.3, -0.25) is 39.0 Å². The van der Waals surface area contributed by atoms with Crippen LogP contribution in [0.25, 0.3) is 22.2 Å². The number of nitrogens with zero attached hydrogens (tertiary/aromatic N) is 2. The SMILES string of the molecule is CN(Cc1ccc(-c2[nH]c3cc(F)cc4c3c2CCCC4=O)cc1)C(=O)CCOCCOCCSc1cccc2c1C(=O)N(C1CCC(=O)NC1=O)C2=O. The molecule has 54 heavy (non-hydrogen) atoms. The first-order chi connectivity index (χ1) is 26.1. The molecule has 3 heterocycles. The topological polar surface area (TPSA) is 155 Å². The molecule has 2 aliphatic heterocycles. The third kappa shape index (κ3) is 7.59. The van der Waals surface area contributed by atoms with Gasteiger partial charge in [-0.15, -0.1) is 11.8 Å². The van der Waals surface area contributed by atoms with Gasteiger partial charge >= 0.3 is 0 Å². The van der Waals surface area contributed by atoms with Crippen molar-refractivity contribution in [1.82, 2.24) is 20.1 Å². The second kappa shape index (κ2) is 16.0. The number of aromatic nitrogens is 1. The van der Waals surface area contributed by atoms with Crippen LogP contribution in [0, 0.1) is 5.82 Å². The lowest BCUT2D eigenvalue weighted by Crippen LogP contribution is -2.54. The van der Waals surface area contributed by atoms with E-state index in [1.54, 1.807) is 30.1 Å². The molecule has 0 saturated carbocycles.